The van der Waals surface area contributed by atoms with Crippen molar-refractivity contribution in [3.05, 3.63) is 35.2 Å². The van der Waals surface area contributed by atoms with Crippen molar-refractivity contribution in [2.24, 2.45) is 7.05 Å². The van der Waals surface area contributed by atoms with E-state index in [0.717, 1.165) is 49.1 Å². The molecule has 1 N–H and O–H groups in total. The molecule has 6 nitrogen and oxygen atoms in total. The molecule has 1 saturated heterocycles. The Morgan fingerprint density at radius 2 is 2.00 bits per heavy atom. The summed E-state index contributed by atoms with van der Waals surface area (Å²) in [4.78, 5) is 6.93. The molecule has 2 aromatic heterocycles. The maximum Gasteiger partial charge on any atom is 0.216 e. The molecule has 2 aromatic rings. The lowest BCUT2D eigenvalue weighted by Crippen LogP contribution is -2.19. The first kappa shape index (κ1) is 15.8. The van der Waals surface area contributed by atoms with Gasteiger partial charge in [0.1, 0.15) is 5.82 Å². The number of nitrogens with one attached hydrogen (secondary N) is 1. The molecule has 3 heterocycles. The lowest BCUT2D eigenvalue weighted by atomic mass is 10.2. The first-order valence-corrected chi connectivity index (χ1v) is 8.16. The van der Waals surface area contributed by atoms with E-state index in [1.165, 1.54) is 18.4 Å². The second-order valence-corrected chi connectivity index (χ2v) is 6.02. The van der Waals surface area contributed by atoms with Crippen molar-refractivity contribution in [1.29, 1.82) is 0 Å². The fourth-order valence-electron chi connectivity index (χ4n) is 3.13. The van der Waals surface area contributed by atoms with Gasteiger partial charge in [0.2, 0.25) is 5.88 Å². The minimum absolute atomic E-state index is 0.733. The molecule has 0 aromatic carbocycles. The molecular weight excluding hydrogens is 290 g/mol. The highest BCUT2D eigenvalue weighted by Gasteiger charge is 2.14. The van der Waals surface area contributed by atoms with Crippen LogP contribution in [-0.4, -0.2) is 35.0 Å². The summed E-state index contributed by atoms with van der Waals surface area (Å²) in [5.41, 5.74) is 3.30. The minimum Gasteiger partial charge on any atom is -0.481 e. The van der Waals surface area contributed by atoms with Crippen LogP contribution in [-0.2, 0) is 20.1 Å². The molecule has 0 unspecified atom stereocenters. The van der Waals surface area contributed by atoms with Gasteiger partial charge in [0.25, 0.3) is 0 Å². The molecule has 0 atom stereocenters. The number of rotatable bonds is 6. The van der Waals surface area contributed by atoms with Gasteiger partial charge in [0, 0.05) is 39.4 Å². The van der Waals surface area contributed by atoms with Gasteiger partial charge in [-0.3, -0.25) is 0 Å². The fraction of sp³-hybridized carbons (Fsp3) is 0.529. The van der Waals surface area contributed by atoms with Gasteiger partial charge < -0.3 is 15.0 Å². The maximum absolute atomic E-state index is 5.42. The van der Waals surface area contributed by atoms with Crippen molar-refractivity contribution in [2.45, 2.75) is 32.9 Å². The zero-order valence-corrected chi connectivity index (χ0v) is 14.2. The Morgan fingerprint density at radius 1 is 1.22 bits per heavy atom. The van der Waals surface area contributed by atoms with Gasteiger partial charge in [0.05, 0.1) is 18.4 Å². The van der Waals surface area contributed by atoms with Crippen LogP contribution in [0, 0.1) is 6.92 Å². The third kappa shape index (κ3) is 3.47. The van der Waals surface area contributed by atoms with Gasteiger partial charge in [0.15, 0.2) is 0 Å². The third-order valence-corrected chi connectivity index (χ3v) is 4.35. The number of hydrogen-bond donors (Lipinski definition) is 1. The SMILES string of the molecule is COc1c(CNCc2ccc(N3CCCC3)nc2)c(C)nn1C. The van der Waals surface area contributed by atoms with Crippen molar-refractivity contribution in [2.75, 3.05) is 25.1 Å². The van der Waals surface area contributed by atoms with E-state index in [4.69, 9.17) is 4.74 Å². The van der Waals surface area contributed by atoms with Crippen LogP contribution >= 0.6 is 0 Å². The number of aromatic nitrogens is 3. The average molecular weight is 315 g/mol. The van der Waals surface area contributed by atoms with E-state index in [1.54, 1.807) is 11.8 Å². The Bertz CT molecular complexity index is 644. The van der Waals surface area contributed by atoms with Crippen molar-refractivity contribution < 1.29 is 4.74 Å². The first-order valence-electron chi connectivity index (χ1n) is 8.16. The smallest absolute Gasteiger partial charge is 0.216 e. The molecule has 0 spiro atoms. The topological polar surface area (TPSA) is 55.2 Å². The minimum atomic E-state index is 0.733. The molecule has 6 heteroatoms. The molecule has 1 fully saturated rings. The first-order chi connectivity index (χ1) is 11.2. The lowest BCUT2D eigenvalue weighted by molar-refractivity contribution is 0.368. The van der Waals surface area contributed by atoms with Gasteiger partial charge >= 0.3 is 0 Å². The number of ether oxygens (including phenoxy) is 1. The second-order valence-electron chi connectivity index (χ2n) is 6.02. The molecule has 23 heavy (non-hydrogen) atoms. The Hall–Kier alpha value is -2.08. The molecule has 124 valence electrons. The van der Waals surface area contributed by atoms with Crippen LogP contribution in [0.25, 0.3) is 0 Å². The Morgan fingerprint density at radius 3 is 2.65 bits per heavy atom. The highest BCUT2D eigenvalue weighted by atomic mass is 16.5. The summed E-state index contributed by atoms with van der Waals surface area (Å²) in [5.74, 6) is 1.91. The number of hydrogen-bond acceptors (Lipinski definition) is 5. The fourth-order valence-corrected chi connectivity index (χ4v) is 3.13. The van der Waals surface area contributed by atoms with Gasteiger partial charge in [-0.15, -0.1) is 0 Å². The van der Waals surface area contributed by atoms with E-state index in [-0.39, 0.29) is 0 Å². The van der Waals surface area contributed by atoms with Crippen molar-refractivity contribution in [3.8, 4) is 5.88 Å². The van der Waals surface area contributed by atoms with Gasteiger partial charge in [-0.25, -0.2) is 9.67 Å². The molecule has 1 aliphatic heterocycles. The van der Waals surface area contributed by atoms with Crippen molar-refractivity contribution in [1.82, 2.24) is 20.1 Å². The van der Waals surface area contributed by atoms with E-state index >= 15 is 0 Å². The summed E-state index contributed by atoms with van der Waals surface area (Å²) in [5, 5.41) is 7.85. The zero-order valence-electron chi connectivity index (χ0n) is 14.2. The molecule has 1 aliphatic rings. The number of anilines is 1. The van der Waals surface area contributed by atoms with Gasteiger partial charge in [-0.2, -0.15) is 5.10 Å². The summed E-state index contributed by atoms with van der Waals surface area (Å²) in [6.07, 6.45) is 4.52. The highest BCUT2D eigenvalue weighted by molar-refractivity contribution is 5.40. The van der Waals surface area contributed by atoms with E-state index in [9.17, 15) is 0 Å². The standard InChI is InChI=1S/C17H25N5O/c1-13-15(17(23-3)21(2)20-13)12-18-10-14-6-7-16(19-11-14)22-8-4-5-9-22/h6-7,11,18H,4-5,8-10,12H2,1-3H3. The Kier molecular flexibility index (Phi) is 4.81. The van der Waals surface area contributed by atoms with Crippen LogP contribution in [0.3, 0.4) is 0 Å². The number of pyridine rings is 1. The van der Waals surface area contributed by atoms with Gasteiger partial charge in [-0.05, 0) is 31.4 Å². The average Bonchev–Trinajstić information content (AvgIpc) is 3.17. The summed E-state index contributed by atoms with van der Waals surface area (Å²) in [6, 6.07) is 4.28. The van der Waals surface area contributed by atoms with Crippen molar-refractivity contribution in [3.63, 3.8) is 0 Å². The Balaban J connectivity index is 1.56. The normalized spacial score (nSPS) is 14.5. The van der Waals surface area contributed by atoms with Crippen LogP contribution in [0.4, 0.5) is 5.82 Å². The summed E-state index contributed by atoms with van der Waals surface area (Å²) >= 11 is 0. The molecule has 0 bridgehead atoms. The number of nitrogens with zero attached hydrogens (tertiary/aromatic N) is 4. The third-order valence-electron chi connectivity index (χ3n) is 4.35. The van der Waals surface area contributed by atoms with E-state index in [1.807, 2.05) is 20.2 Å². The lowest BCUT2D eigenvalue weighted by Gasteiger charge is -2.16. The molecule has 0 radical (unpaired) electrons. The summed E-state index contributed by atoms with van der Waals surface area (Å²) < 4.78 is 7.19. The number of methoxy groups -OCH3 is 1. The quantitative estimate of drug-likeness (QED) is 0.884. The van der Waals surface area contributed by atoms with Crippen LogP contribution < -0.4 is 15.0 Å². The maximum atomic E-state index is 5.42. The summed E-state index contributed by atoms with van der Waals surface area (Å²) in [7, 11) is 3.58. The molecule has 0 saturated carbocycles. The van der Waals surface area contributed by atoms with Crippen LogP contribution in [0.2, 0.25) is 0 Å². The molecule has 0 aliphatic carbocycles. The summed E-state index contributed by atoms with van der Waals surface area (Å²) in [6.45, 7) is 5.78. The predicted octanol–water partition coefficient (Wildman–Crippen LogP) is 2.02. The monoisotopic (exact) mass is 315 g/mol. The molecule has 0 amide bonds. The van der Waals surface area contributed by atoms with E-state index < -0.39 is 0 Å². The van der Waals surface area contributed by atoms with Crippen molar-refractivity contribution >= 4 is 5.82 Å². The largest absolute Gasteiger partial charge is 0.481 e. The predicted molar refractivity (Wildman–Crippen MR) is 90.7 cm³/mol. The molecular formula is C17H25N5O. The Labute approximate surface area is 137 Å². The van der Waals surface area contributed by atoms with Crippen LogP contribution in [0.5, 0.6) is 5.88 Å². The highest BCUT2D eigenvalue weighted by Crippen LogP contribution is 2.21. The van der Waals surface area contributed by atoms with Crippen LogP contribution in [0.15, 0.2) is 18.3 Å². The zero-order chi connectivity index (χ0) is 16.2. The second kappa shape index (κ2) is 7.00. The van der Waals surface area contributed by atoms with Gasteiger partial charge in [-0.1, -0.05) is 6.07 Å². The van der Waals surface area contributed by atoms with Crippen LogP contribution in [0.1, 0.15) is 29.7 Å². The number of aryl methyl sites for hydroxylation is 2. The van der Waals surface area contributed by atoms with E-state index in [0.29, 0.717) is 0 Å². The molecule has 3 rings (SSSR count). The van der Waals surface area contributed by atoms with E-state index in [2.05, 4.69) is 32.4 Å².